The molecule has 0 aliphatic rings. The van der Waals surface area contributed by atoms with Gasteiger partial charge in [0.05, 0.1) is 12.5 Å². The van der Waals surface area contributed by atoms with Crippen molar-refractivity contribution in [3.05, 3.63) is 35.9 Å². The Kier molecular flexibility index (Phi) is 6.36. The molecule has 1 unspecified atom stereocenters. The second-order valence-corrected chi connectivity index (χ2v) is 5.01. The lowest BCUT2D eigenvalue weighted by Crippen LogP contribution is -2.31. The third-order valence-corrected chi connectivity index (χ3v) is 2.74. The van der Waals surface area contributed by atoms with Gasteiger partial charge in [0.25, 0.3) is 0 Å². The van der Waals surface area contributed by atoms with Crippen LogP contribution in [0.4, 0.5) is 4.79 Å². The molecule has 0 fully saturated rings. The summed E-state index contributed by atoms with van der Waals surface area (Å²) in [6.07, 6.45) is -0.535. The summed E-state index contributed by atoms with van der Waals surface area (Å²) in [5.41, 5.74) is 0.770. The van der Waals surface area contributed by atoms with Gasteiger partial charge in [0.1, 0.15) is 0 Å². The molecule has 0 aliphatic heterocycles. The molecular weight excluding hydrogens is 266 g/mol. The normalized spacial score (nSPS) is 12.0. The molecule has 0 saturated carbocycles. The van der Waals surface area contributed by atoms with Crippen molar-refractivity contribution in [3.63, 3.8) is 0 Å². The third-order valence-electron chi connectivity index (χ3n) is 2.47. The lowest BCUT2D eigenvalue weighted by molar-refractivity contribution is -0.112. The summed E-state index contributed by atoms with van der Waals surface area (Å²) < 4.78 is 4.97. The average Bonchev–Trinajstić information content (AvgIpc) is 2.37. The van der Waals surface area contributed by atoms with Gasteiger partial charge in [-0.1, -0.05) is 44.2 Å². The molecule has 19 heavy (non-hydrogen) atoms. The molecule has 1 atom stereocenters. The van der Waals surface area contributed by atoms with Crippen molar-refractivity contribution in [1.29, 1.82) is 0 Å². The quantitative estimate of drug-likeness (QED) is 0.817. The Bertz CT molecular complexity index is 420. The minimum absolute atomic E-state index is 0.128. The molecule has 4 nitrogen and oxygen atoms in total. The third kappa shape index (κ3) is 5.75. The van der Waals surface area contributed by atoms with Crippen LogP contribution in [0, 0.1) is 5.92 Å². The van der Waals surface area contributed by atoms with Crippen LogP contribution in [0.1, 0.15) is 25.3 Å². The molecule has 1 aromatic carbocycles. The number of amides is 1. The van der Waals surface area contributed by atoms with Gasteiger partial charge in [0.15, 0.2) is 0 Å². The van der Waals surface area contributed by atoms with Crippen molar-refractivity contribution in [1.82, 2.24) is 5.32 Å². The fourth-order valence-electron chi connectivity index (χ4n) is 1.49. The predicted octanol–water partition coefficient (Wildman–Crippen LogP) is 2.92. The zero-order chi connectivity index (χ0) is 14.3. The number of rotatable bonds is 6. The molecule has 1 rings (SSSR count). The Morgan fingerprint density at radius 1 is 1.26 bits per heavy atom. The van der Waals surface area contributed by atoms with Gasteiger partial charge < -0.3 is 10.1 Å². The maximum absolute atomic E-state index is 11.4. The van der Waals surface area contributed by atoms with Gasteiger partial charge in [-0.05, 0) is 23.1 Å². The van der Waals surface area contributed by atoms with E-state index in [1.54, 1.807) is 12.1 Å². The first kappa shape index (κ1) is 15.5. The van der Waals surface area contributed by atoms with Crippen molar-refractivity contribution in [2.45, 2.75) is 19.8 Å². The highest BCUT2D eigenvalue weighted by Gasteiger charge is 2.19. The molecule has 0 saturated heterocycles. The molecule has 1 amide bonds. The summed E-state index contributed by atoms with van der Waals surface area (Å²) in [6.45, 7) is 4.37. The van der Waals surface area contributed by atoms with Crippen LogP contribution >= 0.6 is 11.6 Å². The summed E-state index contributed by atoms with van der Waals surface area (Å²) in [5, 5.41) is 2.05. The molecule has 1 aromatic rings. The van der Waals surface area contributed by atoms with Crippen LogP contribution in [-0.2, 0) is 9.53 Å². The lowest BCUT2D eigenvalue weighted by atomic mass is 10.0. The number of nitrogens with one attached hydrogen (secondary N) is 1. The van der Waals surface area contributed by atoms with E-state index in [-0.39, 0.29) is 12.5 Å². The first-order chi connectivity index (χ1) is 9.00. The smallest absolute Gasteiger partial charge is 0.407 e. The summed E-state index contributed by atoms with van der Waals surface area (Å²) >= 11 is 5.56. The van der Waals surface area contributed by atoms with Gasteiger partial charge in [0, 0.05) is 6.54 Å². The largest absolute Gasteiger partial charge is 0.449 e. The SMILES string of the molecule is CC(C)COC(=O)NCC(C(=O)Cl)c1ccccc1. The number of carbonyl (C=O) groups excluding carboxylic acids is 2. The van der Waals surface area contributed by atoms with E-state index in [4.69, 9.17) is 16.3 Å². The number of hydrogen-bond acceptors (Lipinski definition) is 3. The average molecular weight is 284 g/mol. The summed E-state index contributed by atoms with van der Waals surface area (Å²) in [6, 6.07) is 9.08. The van der Waals surface area contributed by atoms with Crippen LogP contribution in [0.15, 0.2) is 30.3 Å². The van der Waals surface area contributed by atoms with Crippen molar-refractivity contribution < 1.29 is 14.3 Å². The molecule has 0 aliphatic carbocycles. The van der Waals surface area contributed by atoms with Crippen molar-refractivity contribution >= 4 is 22.9 Å². The van der Waals surface area contributed by atoms with Gasteiger partial charge in [-0.25, -0.2) is 4.79 Å². The maximum Gasteiger partial charge on any atom is 0.407 e. The molecule has 0 heterocycles. The zero-order valence-electron chi connectivity index (χ0n) is 11.1. The fraction of sp³-hybridized carbons (Fsp3) is 0.429. The summed E-state index contributed by atoms with van der Waals surface area (Å²) in [7, 11) is 0. The first-order valence-electron chi connectivity index (χ1n) is 6.15. The van der Waals surface area contributed by atoms with Crippen LogP contribution < -0.4 is 5.32 Å². The van der Waals surface area contributed by atoms with E-state index in [2.05, 4.69) is 5.32 Å². The van der Waals surface area contributed by atoms with Crippen LogP contribution in [-0.4, -0.2) is 24.5 Å². The molecule has 104 valence electrons. The Labute approximate surface area is 118 Å². The van der Waals surface area contributed by atoms with E-state index in [0.717, 1.165) is 5.56 Å². The Hall–Kier alpha value is -1.55. The number of ether oxygens (including phenoxy) is 1. The standard InChI is InChI=1S/C14H18ClNO3/c1-10(2)9-19-14(18)16-8-12(13(15)17)11-6-4-3-5-7-11/h3-7,10,12H,8-9H2,1-2H3,(H,16,18). The topological polar surface area (TPSA) is 55.4 Å². The van der Waals surface area contributed by atoms with Crippen molar-refractivity contribution in [2.75, 3.05) is 13.2 Å². The molecule has 0 bridgehead atoms. The molecule has 5 heteroatoms. The van der Waals surface area contributed by atoms with E-state index in [0.29, 0.717) is 6.61 Å². The monoisotopic (exact) mass is 283 g/mol. The van der Waals surface area contributed by atoms with E-state index in [9.17, 15) is 9.59 Å². The minimum atomic E-state index is -0.561. The first-order valence-corrected chi connectivity index (χ1v) is 6.53. The predicted molar refractivity (Wildman–Crippen MR) is 74.2 cm³/mol. The Morgan fingerprint density at radius 2 is 1.89 bits per heavy atom. The summed E-state index contributed by atoms with van der Waals surface area (Å²) in [5.74, 6) is -0.292. The van der Waals surface area contributed by atoms with Gasteiger partial charge in [-0.15, -0.1) is 0 Å². The van der Waals surface area contributed by atoms with Crippen LogP contribution in [0.3, 0.4) is 0 Å². The van der Waals surface area contributed by atoms with E-state index < -0.39 is 17.3 Å². The second kappa shape index (κ2) is 7.79. The highest BCUT2D eigenvalue weighted by atomic mass is 35.5. The Balaban J connectivity index is 2.52. The number of halogens is 1. The number of benzene rings is 1. The molecular formula is C14H18ClNO3. The number of carbonyl (C=O) groups is 2. The Morgan fingerprint density at radius 3 is 2.42 bits per heavy atom. The van der Waals surface area contributed by atoms with E-state index >= 15 is 0 Å². The van der Waals surface area contributed by atoms with Gasteiger partial charge in [-0.2, -0.15) is 0 Å². The molecule has 1 N–H and O–H groups in total. The molecule has 0 spiro atoms. The lowest BCUT2D eigenvalue weighted by Gasteiger charge is -2.14. The zero-order valence-corrected chi connectivity index (χ0v) is 11.8. The van der Waals surface area contributed by atoms with Crippen molar-refractivity contribution in [2.24, 2.45) is 5.92 Å². The van der Waals surface area contributed by atoms with E-state index in [1.807, 2.05) is 32.0 Å². The van der Waals surface area contributed by atoms with E-state index in [1.165, 1.54) is 0 Å². The highest BCUT2D eigenvalue weighted by Crippen LogP contribution is 2.17. The van der Waals surface area contributed by atoms with Gasteiger partial charge in [0.2, 0.25) is 5.24 Å². The fourth-order valence-corrected chi connectivity index (χ4v) is 1.70. The highest BCUT2D eigenvalue weighted by molar-refractivity contribution is 6.64. The molecule has 0 radical (unpaired) electrons. The summed E-state index contributed by atoms with van der Waals surface area (Å²) in [4.78, 5) is 22.8. The molecule has 0 aromatic heterocycles. The van der Waals surface area contributed by atoms with Crippen molar-refractivity contribution in [3.8, 4) is 0 Å². The maximum atomic E-state index is 11.4. The number of hydrogen-bond donors (Lipinski definition) is 1. The van der Waals surface area contributed by atoms with Crippen LogP contribution in [0.25, 0.3) is 0 Å². The number of alkyl carbamates (subject to hydrolysis) is 1. The van der Waals surface area contributed by atoms with Gasteiger partial charge in [-0.3, -0.25) is 4.79 Å². The van der Waals surface area contributed by atoms with Gasteiger partial charge >= 0.3 is 6.09 Å². The minimum Gasteiger partial charge on any atom is -0.449 e. The second-order valence-electron chi connectivity index (χ2n) is 4.64. The van der Waals surface area contributed by atoms with Crippen LogP contribution in [0.2, 0.25) is 0 Å². The van der Waals surface area contributed by atoms with Crippen LogP contribution in [0.5, 0.6) is 0 Å².